The minimum Gasteiger partial charge on any atom is -0.494 e. The number of benzene rings is 2. The number of rotatable bonds is 7. The number of ether oxygens (including phenoxy) is 1. The molecule has 0 saturated carbocycles. The summed E-state index contributed by atoms with van der Waals surface area (Å²) < 4.78 is 5.44. The average molecular weight is 397 g/mol. The Hall–Kier alpha value is -2.60. The zero-order valence-corrected chi connectivity index (χ0v) is 17.4. The summed E-state index contributed by atoms with van der Waals surface area (Å²) in [7, 11) is 0. The van der Waals surface area contributed by atoms with E-state index in [1.807, 2.05) is 37.4 Å². The molecule has 0 atom stereocenters. The molecule has 0 fully saturated rings. The molecule has 5 nitrogen and oxygen atoms in total. The molecule has 2 N–H and O–H groups in total. The van der Waals surface area contributed by atoms with E-state index in [4.69, 9.17) is 17.0 Å². The highest BCUT2D eigenvalue weighted by atomic mass is 32.1. The number of nitrogens with zero attached hydrogens (tertiary/aromatic N) is 2. The topological polar surface area (TPSA) is 48.9 Å². The first-order valence-corrected chi connectivity index (χ1v) is 10.3. The van der Waals surface area contributed by atoms with Crippen molar-refractivity contribution in [2.45, 2.75) is 33.1 Å². The second-order valence-corrected chi connectivity index (χ2v) is 7.17. The third kappa shape index (κ3) is 5.45. The van der Waals surface area contributed by atoms with Crippen LogP contribution in [0.4, 0.5) is 11.4 Å². The van der Waals surface area contributed by atoms with Crippen molar-refractivity contribution in [3.05, 3.63) is 53.6 Å². The van der Waals surface area contributed by atoms with Crippen LogP contribution in [0.3, 0.4) is 0 Å². The fraction of sp³-hybridized carbons (Fsp3) is 0.364. The standard InChI is InChI=1S/C22H28N4OS/c1-3-13-26-14-5-6-18-15-17(7-12-21(18)26)16-23-25-22(28)24-19-8-10-20(11-9-19)27-4-2/h7-12,15-16H,3-6,13-14H2,1-2H3,(H2,24,25,28)/b23-16+. The van der Waals surface area contributed by atoms with E-state index in [2.05, 4.69) is 45.9 Å². The molecule has 2 aromatic rings. The number of hydrogen-bond donors (Lipinski definition) is 2. The Morgan fingerprint density at radius 2 is 2.04 bits per heavy atom. The Balaban J connectivity index is 1.54. The number of hydrazone groups is 1. The lowest BCUT2D eigenvalue weighted by Gasteiger charge is -2.31. The lowest BCUT2D eigenvalue weighted by molar-refractivity contribution is 0.340. The summed E-state index contributed by atoms with van der Waals surface area (Å²) in [5.74, 6) is 0.842. The van der Waals surface area contributed by atoms with Gasteiger partial charge in [0.1, 0.15) is 5.75 Å². The number of thiocarbonyl (C=S) groups is 1. The molecule has 1 heterocycles. The number of nitrogens with one attached hydrogen (secondary N) is 2. The highest BCUT2D eigenvalue weighted by Crippen LogP contribution is 2.27. The third-order valence-corrected chi connectivity index (χ3v) is 4.81. The van der Waals surface area contributed by atoms with Crippen LogP contribution in [0.5, 0.6) is 5.75 Å². The van der Waals surface area contributed by atoms with Crippen molar-refractivity contribution in [3.8, 4) is 5.75 Å². The van der Waals surface area contributed by atoms with Gasteiger partial charge >= 0.3 is 0 Å². The largest absolute Gasteiger partial charge is 0.494 e. The Morgan fingerprint density at radius 1 is 1.21 bits per heavy atom. The van der Waals surface area contributed by atoms with E-state index in [1.54, 1.807) is 0 Å². The number of anilines is 2. The van der Waals surface area contributed by atoms with Crippen LogP contribution < -0.4 is 20.4 Å². The molecule has 0 radical (unpaired) electrons. The maximum Gasteiger partial charge on any atom is 0.191 e. The SMILES string of the molecule is CCCN1CCCc2cc(/C=N/NC(=S)Nc3ccc(OCC)cc3)ccc21. The molecule has 0 aromatic heterocycles. The highest BCUT2D eigenvalue weighted by molar-refractivity contribution is 7.80. The van der Waals surface area contributed by atoms with E-state index >= 15 is 0 Å². The van der Waals surface area contributed by atoms with Crippen LogP contribution >= 0.6 is 12.2 Å². The zero-order chi connectivity index (χ0) is 19.8. The smallest absolute Gasteiger partial charge is 0.191 e. The first-order valence-electron chi connectivity index (χ1n) is 9.90. The summed E-state index contributed by atoms with van der Waals surface area (Å²) in [6, 6.07) is 14.2. The van der Waals surface area contributed by atoms with E-state index in [0.29, 0.717) is 11.7 Å². The van der Waals surface area contributed by atoms with E-state index in [0.717, 1.165) is 36.5 Å². The normalized spacial score (nSPS) is 13.3. The Morgan fingerprint density at radius 3 is 2.79 bits per heavy atom. The Labute approximate surface area is 172 Å². The van der Waals surface area contributed by atoms with Crippen molar-refractivity contribution < 1.29 is 4.74 Å². The first kappa shape index (κ1) is 20.1. The maximum atomic E-state index is 5.44. The molecule has 0 spiro atoms. The van der Waals surface area contributed by atoms with Crippen LogP contribution in [0.2, 0.25) is 0 Å². The summed E-state index contributed by atoms with van der Waals surface area (Å²) >= 11 is 5.30. The van der Waals surface area contributed by atoms with Crippen LogP contribution in [-0.2, 0) is 6.42 Å². The van der Waals surface area contributed by atoms with Crippen LogP contribution in [-0.4, -0.2) is 31.0 Å². The van der Waals surface area contributed by atoms with Gasteiger partial charge in [-0.3, -0.25) is 5.43 Å². The molecule has 0 bridgehead atoms. The molecular weight excluding hydrogens is 368 g/mol. The molecule has 0 amide bonds. The quantitative estimate of drug-likeness (QED) is 0.408. The summed E-state index contributed by atoms with van der Waals surface area (Å²) in [6.45, 7) is 7.12. The van der Waals surface area contributed by atoms with Gasteiger partial charge in [-0.1, -0.05) is 13.0 Å². The summed E-state index contributed by atoms with van der Waals surface area (Å²) in [5.41, 5.74) is 7.61. The van der Waals surface area contributed by atoms with Crippen molar-refractivity contribution in [1.29, 1.82) is 0 Å². The van der Waals surface area contributed by atoms with Gasteiger partial charge in [-0.05, 0) is 85.9 Å². The van der Waals surface area contributed by atoms with Crippen LogP contribution in [0.25, 0.3) is 0 Å². The van der Waals surface area contributed by atoms with Crippen molar-refractivity contribution in [2.24, 2.45) is 5.10 Å². The number of hydrogen-bond acceptors (Lipinski definition) is 4. The molecule has 6 heteroatoms. The molecule has 1 aliphatic rings. The Kier molecular flexibility index (Phi) is 7.25. The fourth-order valence-corrected chi connectivity index (χ4v) is 3.57. The van der Waals surface area contributed by atoms with Crippen molar-refractivity contribution in [3.63, 3.8) is 0 Å². The van der Waals surface area contributed by atoms with Gasteiger partial charge in [0.25, 0.3) is 0 Å². The third-order valence-electron chi connectivity index (χ3n) is 4.61. The molecule has 0 saturated heterocycles. The molecule has 1 aliphatic heterocycles. The van der Waals surface area contributed by atoms with Crippen LogP contribution in [0.15, 0.2) is 47.6 Å². The zero-order valence-electron chi connectivity index (χ0n) is 16.6. The van der Waals surface area contributed by atoms with Gasteiger partial charge in [0, 0.05) is 24.5 Å². The predicted octanol–water partition coefficient (Wildman–Crippen LogP) is 4.57. The van der Waals surface area contributed by atoms with E-state index in [1.165, 1.54) is 24.1 Å². The predicted molar refractivity (Wildman–Crippen MR) is 122 cm³/mol. The first-order chi connectivity index (χ1) is 13.7. The summed E-state index contributed by atoms with van der Waals surface area (Å²) in [5, 5.41) is 7.83. The fourth-order valence-electron chi connectivity index (χ4n) is 3.40. The monoisotopic (exact) mass is 396 g/mol. The van der Waals surface area contributed by atoms with Crippen LogP contribution in [0, 0.1) is 0 Å². The van der Waals surface area contributed by atoms with Crippen molar-refractivity contribution >= 4 is 34.9 Å². The molecular formula is C22H28N4OS. The second kappa shape index (κ2) is 10.1. The van der Waals surface area contributed by atoms with Gasteiger partial charge in [0.05, 0.1) is 12.8 Å². The highest BCUT2D eigenvalue weighted by Gasteiger charge is 2.15. The number of aryl methyl sites for hydroxylation is 1. The number of fused-ring (bicyclic) bond motifs is 1. The van der Waals surface area contributed by atoms with Gasteiger partial charge in [0.15, 0.2) is 5.11 Å². The van der Waals surface area contributed by atoms with E-state index < -0.39 is 0 Å². The van der Waals surface area contributed by atoms with Gasteiger partial charge in [-0.2, -0.15) is 5.10 Å². The molecule has 0 unspecified atom stereocenters. The molecule has 28 heavy (non-hydrogen) atoms. The van der Waals surface area contributed by atoms with E-state index in [-0.39, 0.29) is 0 Å². The van der Waals surface area contributed by atoms with Crippen molar-refractivity contribution in [1.82, 2.24) is 5.43 Å². The molecule has 148 valence electrons. The lowest BCUT2D eigenvalue weighted by atomic mass is 9.99. The van der Waals surface area contributed by atoms with Crippen LogP contribution in [0.1, 0.15) is 37.8 Å². The summed E-state index contributed by atoms with van der Waals surface area (Å²) in [6.07, 6.45) is 5.32. The average Bonchev–Trinajstić information content (AvgIpc) is 2.70. The van der Waals surface area contributed by atoms with Crippen molar-refractivity contribution in [2.75, 3.05) is 29.9 Å². The Bertz CT molecular complexity index is 820. The molecule has 0 aliphatic carbocycles. The van der Waals surface area contributed by atoms with Gasteiger partial charge in [-0.25, -0.2) is 0 Å². The minimum atomic E-state index is 0.451. The molecule has 3 rings (SSSR count). The van der Waals surface area contributed by atoms with E-state index in [9.17, 15) is 0 Å². The van der Waals surface area contributed by atoms with Gasteiger partial charge in [0.2, 0.25) is 0 Å². The maximum absolute atomic E-state index is 5.44. The van der Waals surface area contributed by atoms with Gasteiger partial charge in [-0.15, -0.1) is 0 Å². The molecule has 2 aromatic carbocycles. The minimum absolute atomic E-state index is 0.451. The summed E-state index contributed by atoms with van der Waals surface area (Å²) in [4.78, 5) is 2.48. The second-order valence-electron chi connectivity index (χ2n) is 6.76. The van der Waals surface area contributed by atoms with Gasteiger partial charge < -0.3 is 15.0 Å². The lowest BCUT2D eigenvalue weighted by Crippen LogP contribution is -2.30.